The maximum Gasteiger partial charge on any atom is 0.244 e. The van der Waals surface area contributed by atoms with Crippen molar-refractivity contribution in [3.05, 3.63) is 34.9 Å². The van der Waals surface area contributed by atoms with Crippen LogP contribution in [0, 0.1) is 13.8 Å². The second kappa shape index (κ2) is 7.99. The molecule has 0 aliphatic carbocycles. The van der Waals surface area contributed by atoms with Gasteiger partial charge in [-0.3, -0.25) is 9.59 Å². The van der Waals surface area contributed by atoms with E-state index in [1.807, 2.05) is 26.0 Å². The SMILES string of the molecule is Cc1ccc(CCC(=O)N[C@@H](C)C(=O)N2CCS(=O)(=O)CC2)c(C)c1. The summed E-state index contributed by atoms with van der Waals surface area (Å²) in [6.07, 6.45) is 0.941. The van der Waals surface area contributed by atoms with Crippen molar-refractivity contribution in [3.63, 3.8) is 0 Å². The molecule has 0 unspecified atom stereocenters. The van der Waals surface area contributed by atoms with Crippen LogP contribution in [0.25, 0.3) is 0 Å². The van der Waals surface area contributed by atoms with Crippen LogP contribution in [0.2, 0.25) is 0 Å². The van der Waals surface area contributed by atoms with E-state index in [-0.39, 0.29) is 36.4 Å². The minimum absolute atomic E-state index is 0.00783. The lowest BCUT2D eigenvalue weighted by Gasteiger charge is -2.29. The molecular formula is C18H26N2O4S. The fraction of sp³-hybridized carbons (Fsp3) is 0.556. The van der Waals surface area contributed by atoms with Crippen molar-refractivity contribution in [2.45, 2.75) is 39.7 Å². The van der Waals surface area contributed by atoms with Crippen molar-refractivity contribution in [1.82, 2.24) is 10.2 Å². The Hall–Kier alpha value is -1.89. The van der Waals surface area contributed by atoms with E-state index in [4.69, 9.17) is 0 Å². The first-order valence-electron chi connectivity index (χ1n) is 8.52. The quantitative estimate of drug-likeness (QED) is 0.843. The summed E-state index contributed by atoms with van der Waals surface area (Å²) < 4.78 is 22.9. The molecule has 0 bridgehead atoms. The monoisotopic (exact) mass is 366 g/mol. The lowest BCUT2D eigenvalue weighted by molar-refractivity contribution is -0.135. The van der Waals surface area contributed by atoms with E-state index < -0.39 is 15.9 Å². The molecule has 2 amide bonds. The van der Waals surface area contributed by atoms with Crippen molar-refractivity contribution in [2.75, 3.05) is 24.6 Å². The molecule has 0 radical (unpaired) electrons. The molecule has 1 aliphatic heterocycles. The Morgan fingerprint density at radius 3 is 2.44 bits per heavy atom. The van der Waals surface area contributed by atoms with E-state index in [0.29, 0.717) is 12.8 Å². The van der Waals surface area contributed by atoms with Crippen LogP contribution in [0.5, 0.6) is 0 Å². The van der Waals surface area contributed by atoms with Crippen LogP contribution < -0.4 is 5.32 Å². The van der Waals surface area contributed by atoms with Gasteiger partial charge in [0.15, 0.2) is 9.84 Å². The fourth-order valence-electron chi connectivity index (χ4n) is 2.96. The fourth-order valence-corrected chi connectivity index (χ4v) is 4.16. The number of hydrogen-bond donors (Lipinski definition) is 1. The Bertz CT molecular complexity index is 744. The van der Waals surface area contributed by atoms with Gasteiger partial charge in [0.1, 0.15) is 6.04 Å². The van der Waals surface area contributed by atoms with Gasteiger partial charge < -0.3 is 10.2 Å². The summed E-state index contributed by atoms with van der Waals surface area (Å²) in [5, 5.41) is 2.72. The average molecular weight is 366 g/mol. The highest BCUT2D eigenvalue weighted by molar-refractivity contribution is 7.91. The van der Waals surface area contributed by atoms with E-state index in [1.165, 1.54) is 10.5 Å². The predicted molar refractivity (Wildman–Crippen MR) is 97.1 cm³/mol. The number of benzene rings is 1. The van der Waals surface area contributed by atoms with Gasteiger partial charge in [0, 0.05) is 19.5 Å². The Morgan fingerprint density at radius 1 is 1.20 bits per heavy atom. The molecule has 1 saturated heterocycles. The third kappa shape index (κ3) is 5.56. The van der Waals surface area contributed by atoms with E-state index >= 15 is 0 Å². The van der Waals surface area contributed by atoms with E-state index in [2.05, 4.69) is 11.4 Å². The molecule has 2 rings (SSSR count). The zero-order valence-electron chi connectivity index (χ0n) is 15.0. The second-order valence-electron chi connectivity index (χ2n) is 6.70. The maximum atomic E-state index is 12.3. The van der Waals surface area contributed by atoms with Gasteiger partial charge in [0.2, 0.25) is 11.8 Å². The van der Waals surface area contributed by atoms with Crippen LogP contribution in [0.3, 0.4) is 0 Å². The van der Waals surface area contributed by atoms with Crippen molar-refractivity contribution in [2.24, 2.45) is 0 Å². The van der Waals surface area contributed by atoms with Gasteiger partial charge in [0.05, 0.1) is 11.5 Å². The first kappa shape index (κ1) is 19.4. The van der Waals surface area contributed by atoms with Gasteiger partial charge in [-0.05, 0) is 38.3 Å². The predicted octanol–water partition coefficient (Wildman–Crippen LogP) is 0.998. The molecule has 25 heavy (non-hydrogen) atoms. The molecule has 138 valence electrons. The molecule has 6 nitrogen and oxygen atoms in total. The summed E-state index contributed by atoms with van der Waals surface area (Å²) in [6, 6.07) is 5.49. The molecule has 1 atom stereocenters. The number of hydrogen-bond acceptors (Lipinski definition) is 4. The summed E-state index contributed by atoms with van der Waals surface area (Å²) in [6.45, 7) is 6.09. The third-order valence-electron chi connectivity index (χ3n) is 4.52. The van der Waals surface area contributed by atoms with Crippen LogP contribution >= 0.6 is 0 Å². The molecule has 1 N–H and O–H groups in total. The Labute approximate surface area is 149 Å². The van der Waals surface area contributed by atoms with Gasteiger partial charge in [-0.1, -0.05) is 23.8 Å². The lowest BCUT2D eigenvalue weighted by atomic mass is 10.0. The molecule has 1 aliphatic rings. The minimum Gasteiger partial charge on any atom is -0.345 e. The van der Waals surface area contributed by atoms with Crippen molar-refractivity contribution in [3.8, 4) is 0 Å². The first-order chi connectivity index (χ1) is 11.7. The summed E-state index contributed by atoms with van der Waals surface area (Å²) in [7, 11) is -3.03. The van der Waals surface area contributed by atoms with Crippen molar-refractivity contribution in [1.29, 1.82) is 0 Å². The van der Waals surface area contributed by atoms with Crippen molar-refractivity contribution >= 4 is 21.7 Å². The number of sulfone groups is 1. The summed E-state index contributed by atoms with van der Waals surface area (Å²) in [5.41, 5.74) is 3.47. The highest BCUT2D eigenvalue weighted by Crippen LogP contribution is 2.12. The number of nitrogens with one attached hydrogen (secondary N) is 1. The molecule has 7 heteroatoms. The minimum atomic E-state index is -3.03. The molecule has 0 spiro atoms. The summed E-state index contributed by atoms with van der Waals surface area (Å²) in [4.78, 5) is 26.0. The number of rotatable bonds is 5. The van der Waals surface area contributed by atoms with E-state index in [1.54, 1.807) is 6.92 Å². The molecule has 0 aromatic heterocycles. The molecule has 1 aromatic rings. The Balaban J connectivity index is 1.82. The number of amides is 2. The normalized spacial score (nSPS) is 17.8. The van der Waals surface area contributed by atoms with Gasteiger partial charge >= 0.3 is 0 Å². The van der Waals surface area contributed by atoms with E-state index in [0.717, 1.165) is 11.1 Å². The summed E-state index contributed by atoms with van der Waals surface area (Å²) in [5.74, 6) is -0.418. The number of aryl methyl sites for hydroxylation is 3. The van der Waals surface area contributed by atoms with Crippen LogP contribution in [-0.2, 0) is 25.8 Å². The smallest absolute Gasteiger partial charge is 0.244 e. The molecular weight excluding hydrogens is 340 g/mol. The molecule has 1 fully saturated rings. The average Bonchev–Trinajstić information content (AvgIpc) is 2.53. The Morgan fingerprint density at radius 2 is 1.84 bits per heavy atom. The number of carbonyl (C=O) groups is 2. The van der Waals surface area contributed by atoms with Crippen LogP contribution in [0.4, 0.5) is 0 Å². The van der Waals surface area contributed by atoms with E-state index in [9.17, 15) is 18.0 Å². The number of nitrogens with zero attached hydrogens (tertiary/aromatic N) is 1. The maximum absolute atomic E-state index is 12.3. The molecule has 1 aromatic carbocycles. The van der Waals surface area contributed by atoms with Gasteiger partial charge in [-0.15, -0.1) is 0 Å². The van der Waals surface area contributed by atoms with Crippen LogP contribution in [0.15, 0.2) is 18.2 Å². The van der Waals surface area contributed by atoms with Crippen LogP contribution in [-0.4, -0.2) is 55.8 Å². The topological polar surface area (TPSA) is 83.6 Å². The third-order valence-corrected chi connectivity index (χ3v) is 6.13. The molecule has 0 saturated carbocycles. The zero-order valence-corrected chi connectivity index (χ0v) is 15.9. The Kier molecular flexibility index (Phi) is 6.21. The number of carbonyl (C=O) groups excluding carboxylic acids is 2. The standard InChI is InChI=1S/C18H26N2O4S/c1-13-4-5-16(14(2)12-13)6-7-17(21)19-15(3)18(22)20-8-10-25(23,24)11-9-20/h4-5,12,15H,6-11H2,1-3H3,(H,19,21)/t15-/m0/s1. The highest BCUT2D eigenvalue weighted by atomic mass is 32.2. The zero-order chi connectivity index (χ0) is 18.6. The largest absolute Gasteiger partial charge is 0.345 e. The second-order valence-corrected chi connectivity index (χ2v) is 9.00. The van der Waals surface area contributed by atoms with Crippen LogP contribution in [0.1, 0.15) is 30.0 Å². The van der Waals surface area contributed by atoms with Gasteiger partial charge in [-0.25, -0.2) is 8.42 Å². The lowest BCUT2D eigenvalue weighted by Crippen LogP contribution is -2.51. The summed E-state index contributed by atoms with van der Waals surface area (Å²) >= 11 is 0. The van der Waals surface area contributed by atoms with Crippen molar-refractivity contribution < 1.29 is 18.0 Å². The molecule has 1 heterocycles. The first-order valence-corrected chi connectivity index (χ1v) is 10.3. The van der Waals surface area contributed by atoms with Gasteiger partial charge in [0.25, 0.3) is 0 Å². The highest BCUT2D eigenvalue weighted by Gasteiger charge is 2.28. The van der Waals surface area contributed by atoms with Gasteiger partial charge in [-0.2, -0.15) is 0 Å².